The maximum atomic E-state index is 12.8. The summed E-state index contributed by atoms with van der Waals surface area (Å²) in [5.74, 6) is 0.756. The first-order chi connectivity index (χ1) is 14.5. The molecule has 0 aromatic heterocycles. The summed E-state index contributed by atoms with van der Waals surface area (Å²) in [7, 11) is 3.80. The molecular weight excluding hydrogens is 384 g/mol. The van der Waals surface area contributed by atoms with E-state index in [0.717, 1.165) is 29.8 Å². The Labute approximate surface area is 176 Å². The fourth-order valence-corrected chi connectivity index (χ4v) is 3.88. The predicted octanol–water partition coefficient (Wildman–Crippen LogP) is 3.04. The Hall–Kier alpha value is -3.22. The minimum Gasteiger partial charge on any atom is -0.486 e. The first kappa shape index (κ1) is 20.1. The van der Waals surface area contributed by atoms with E-state index in [0.29, 0.717) is 31.1 Å². The third-order valence-corrected chi connectivity index (χ3v) is 5.45. The van der Waals surface area contributed by atoms with Crippen LogP contribution < -0.4 is 14.4 Å². The van der Waals surface area contributed by atoms with Crippen LogP contribution in [0.5, 0.6) is 11.5 Å². The Morgan fingerprint density at radius 2 is 1.90 bits per heavy atom. The zero-order valence-electron chi connectivity index (χ0n) is 17.3. The summed E-state index contributed by atoms with van der Waals surface area (Å²) in [6.07, 6.45) is 1.77. The smallest absolute Gasteiger partial charge is 0.338 e. The lowest BCUT2D eigenvalue weighted by Gasteiger charge is -2.26. The van der Waals surface area contributed by atoms with Crippen molar-refractivity contribution in [1.82, 2.24) is 4.90 Å². The van der Waals surface area contributed by atoms with Gasteiger partial charge in [-0.3, -0.25) is 4.79 Å². The summed E-state index contributed by atoms with van der Waals surface area (Å²) in [4.78, 5) is 28.9. The number of fused-ring (bicyclic) bond motifs is 1. The van der Waals surface area contributed by atoms with E-state index in [-0.39, 0.29) is 18.6 Å². The minimum absolute atomic E-state index is 0.0518. The topological polar surface area (TPSA) is 68.3 Å². The fourth-order valence-electron chi connectivity index (χ4n) is 3.88. The molecule has 0 spiro atoms. The highest BCUT2D eigenvalue weighted by Gasteiger charge is 2.31. The second-order valence-corrected chi connectivity index (χ2v) is 7.67. The number of rotatable bonds is 5. The molecule has 0 saturated carbocycles. The van der Waals surface area contributed by atoms with Crippen molar-refractivity contribution in [3.63, 3.8) is 0 Å². The zero-order valence-corrected chi connectivity index (χ0v) is 17.3. The molecule has 1 fully saturated rings. The molecule has 0 bridgehead atoms. The van der Waals surface area contributed by atoms with Crippen LogP contribution in [0.1, 0.15) is 34.8 Å². The number of amides is 1. The van der Waals surface area contributed by atoms with Crippen LogP contribution in [0, 0.1) is 0 Å². The van der Waals surface area contributed by atoms with E-state index in [1.165, 1.54) is 0 Å². The summed E-state index contributed by atoms with van der Waals surface area (Å²) in [6, 6.07) is 12.9. The van der Waals surface area contributed by atoms with Gasteiger partial charge in [-0.05, 0) is 48.7 Å². The second kappa shape index (κ2) is 8.65. The van der Waals surface area contributed by atoms with Crippen molar-refractivity contribution in [2.75, 3.05) is 45.4 Å². The van der Waals surface area contributed by atoms with Gasteiger partial charge in [-0.2, -0.15) is 0 Å². The molecule has 2 aromatic rings. The van der Waals surface area contributed by atoms with Crippen LogP contribution in [0.25, 0.3) is 0 Å². The van der Waals surface area contributed by atoms with Gasteiger partial charge in [0.1, 0.15) is 13.2 Å². The molecule has 0 aliphatic carbocycles. The molecule has 1 saturated heterocycles. The van der Waals surface area contributed by atoms with E-state index < -0.39 is 5.97 Å². The SMILES string of the molecule is CN(C)c1cccc(C(=O)OCC(=O)N2CCCC2c2ccc3c(c2)OCCO3)c1. The van der Waals surface area contributed by atoms with Crippen molar-refractivity contribution >= 4 is 17.6 Å². The Kier molecular flexibility index (Phi) is 5.79. The van der Waals surface area contributed by atoms with Gasteiger partial charge >= 0.3 is 5.97 Å². The summed E-state index contributed by atoms with van der Waals surface area (Å²) in [5, 5.41) is 0. The van der Waals surface area contributed by atoms with Crippen LogP contribution in [0.4, 0.5) is 5.69 Å². The molecular formula is C23H26N2O5. The summed E-state index contributed by atoms with van der Waals surface area (Å²) >= 11 is 0. The average Bonchev–Trinajstić information content (AvgIpc) is 3.27. The molecule has 0 radical (unpaired) electrons. The highest BCUT2D eigenvalue weighted by molar-refractivity contribution is 5.92. The first-order valence-electron chi connectivity index (χ1n) is 10.2. The molecule has 2 aromatic carbocycles. The van der Waals surface area contributed by atoms with Gasteiger partial charge in [0.2, 0.25) is 0 Å². The van der Waals surface area contributed by atoms with Crippen molar-refractivity contribution in [3.05, 3.63) is 53.6 Å². The van der Waals surface area contributed by atoms with Crippen molar-refractivity contribution in [1.29, 1.82) is 0 Å². The number of ether oxygens (including phenoxy) is 3. The second-order valence-electron chi connectivity index (χ2n) is 7.67. The van der Waals surface area contributed by atoms with Crippen molar-refractivity contribution in [2.24, 2.45) is 0 Å². The zero-order chi connectivity index (χ0) is 21.1. The molecule has 2 aliphatic heterocycles. The Balaban J connectivity index is 1.40. The van der Waals surface area contributed by atoms with Crippen molar-refractivity contribution in [3.8, 4) is 11.5 Å². The van der Waals surface area contributed by atoms with Gasteiger partial charge in [0, 0.05) is 26.3 Å². The van der Waals surface area contributed by atoms with Gasteiger partial charge in [0.15, 0.2) is 18.1 Å². The van der Waals surface area contributed by atoms with Crippen LogP contribution in [0.15, 0.2) is 42.5 Å². The molecule has 30 heavy (non-hydrogen) atoms. The quantitative estimate of drug-likeness (QED) is 0.706. The fraction of sp³-hybridized carbons (Fsp3) is 0.391. The number of benzene rings is 2. The standard InChI is InChI=1S/C23H26N2O5/c1-24(2)18-6-3-5-17(13-18)23(27)30-15-22(26)25-10-4-7-19(25)16-8-9-20-21(14-16)29-12-11-28-20/h3,5-6,8-9,13-14,19H,4,7,10-12,15H2,1-2H3. The van der Waals surface area contributed by atoms with Crippen LogP contribution in [0.3, 0.4) is 0 Å². The van der Waals surface area contributed by atoms with E-state index in [4.69, 9.17) is 14.2 Å². The molecule has 7 nitrogen and oxygen atoms in total. The van der Waals surface area contributed by atoms with Crippen molar-refractivity contribution in [2.45, 2.75) is 18.9 Å². The lowest BCUT2D eigenvalue weighted by atomic mass is 10.0. The van der Waals surface area contributed by atoms with Gasteiger partial charge in [-0.15, -0.1) is 0 Å². The molecule has 7 heteroatoms. The minimum atomic E-state index is -0.498. The molecule has 158 valence electrons. The van der Waals surface area contributed by atoms with E-state index >= 15 is 0 Å². The van der Waals surface area contributed by atoms with Gasteiger partial charge in [0.05, 0.1) is 11.6 Å². The molecule has 2 heterocycles. The summed E-state index contributed by atoms with van der Waals surface area (Å²) in [6.45, 7) is 1.44. The number of likely N-dealkylation sites (tertiary alicyclic amines) is 1. The monoisotopic (exact) mass is 410 g/mol. The Bertz CT molecular complexity index is 943. The number of nitrogens with zero attached hydrogens (tertiary/aromatic N) is 2. The number of esters is 1. The number of hydrogen-bond acceptors (Lipinski definition) is 6. The largest absolute Gasteiger partial charge is 0.486 e. The van der Waals surface area contributed by atoms with Gasteiger partial charge in [-0.25, -0.2) is 4.79 Å². The average molecular weight is 410 g/mol. The molecule has 0 N–H and O–H groups in total. The van der Waals surface area contributed by atoms with Crippen LogP contribution >= 0.6 is 0 Å². The third kappa shape index (κ3) is 4.20. The van der Waals surface area contributed by atoms with Crippen LogP contribution in [-0.4, -0.2) is 57.2 Å². The molecule has 4 rings (SSSR count). The predicted molar refractivity (Wildman–Crippen MR) is 112 cm³/mol. The number of anilines is 1. The Morgan fingerprint density at radius 1 is 1.10 bits per heavy atom. The van der Waals surface area contributed by atoms with Gasteiger partial charge in [-0.1, -0.05) is 12.1 Å². The van der Waals surface area contributed by atoms with Crippen LogP contribution in [-0.2, 0) is 9.53 Å². The number of carbonyl (C=O) groups excluding carboxylic acids is 2. The van der Waals surface area contributed by atoms with Crippen LogP contribution in [0.2, 0.25) is 0 Å². The molecule has 1 atom stereocenters. The lowest BCUT2D eigenvalue weighted by Crippen LogP contribution is -2.34. The maximum absolute atomic E-state index is 12.8. The van der Waals surface area contributed by atoms with Gasteiger partial charge < -0.3 is 24.0 Å². The van der Waals surface area contributed by atoms with E-state index in [9.17, 15) is 9.59 Å². The molecule has 2 aliphatic rings. The lowest BCUT2D eigenvalue weighted by molar-refractivity contribution is -0.135. The highest BCUT2D eigenvalue weighted by Crippen LogP contribution is 2.38. The highest BCUT2D eigenvalue weighted by atomic mass is 16.6. The van der Waals surface area contributed by atoms with E-state index in [1.54, 1.807) is 23.1 Å². The number of hydrogen-bond donors (Lipinski definition) is 0. The Morgan fingerprint density at radius 3 is 2.70 bits per heavy atom. The number of carbonyl (C=O) groups is 2. The van der Waals surface area contributed by atoms with Gasteiger partial charge in [0.25, 0.3) is 5.91 Å². The first-order valence-corrected chi connectivity index (χ1v) is 10.2. The maximum Gasteiger partial charge on any atom is 0.338 e. The van der Waals surface area contributed by atoms with E-state index in [1.807, 2.05) is 43.3 Å². The molecule has 1 amide bonds. The molecule has 1 unspecified atom stereocenters. The summed E-state index contributed by atoms with van der Waals surface area (Å²) < 4.78 is 16.6. The van der Waals surface area contributed by atoms with Crippen molar-refractivity contribution < 1.29 is 23.8 Å². The normalized spacial score (nSPS) is 17.5. The van der Waals surface area contributed by atoms with E-state index in [2.05, 4.69) is 0 Å². The third-order valence-electron chi connectivity index (χ3n) is 5.45. The summed E-state index contributed by atoms with van der Waals surface area (Å²) in [5.41, 5.74) is 2.34.